The molecule has 0 spiro atoms. The van der Waals surface area contributed by atoms with E-state index in [2.05, 4.69) is 4.72 Å². The zero-order valence-corrected chi connectivity index (χ0v) is 12.7. The van der Waals surface area contributed by atoms with Gasteiger partial charge in [0.2, 0.25) is 10.0 Å². The molecule has 1 atom stereocenters. The summed E-state index contributed by atoms with van der Waals surface area (Å²) in [5.41, 5.74) is -0.274. The fraction of sp³-hybridized carbons (Fsp3) is 0.417. The van der Waals surface area contributed by atoms with Crippen LogP contribution in [0.3, 0.4) is 0 Å². The first-order valence-electron chi connectivity index (χ1n) is 5.83. The van der Waals surface area contributed by atoms with Crippen molar-refractivity contribution in [2.75, 3.05) is 12.8 Å². The maximum atomic E-state index is 13.6. The minimum Gasteiger partial charge on any atom is -0.478 e. The van der Waals surface area contributed by atoms with E-state index in [1.54, 1.807) is 11.8 Å². The normalized spacial score (nSPS) is 13.2. The van der Waals surface area contributed by atoms with Crippen molar-refractivity contribution in [3.8, 4) is 0 Å². The van der Waals surface area contributed by atoms with Crippen molar-refractivity contribution in [1.29, 1.82) is 0 Å². The highest BCUT2D eigenvalue weighted by Crippen LogP contribution is 2.17. The van der Waals surface area contributed by atoms with Crippen LogP contribution in [-0.4, -0.2) is 37.5 Å². The van der Waals surface area contributed by atoms with Crippen LogP contribution in [0, 0.1) is 5.82 Å². The number of hydrogen-bond acceptors (Lipinski definition) is 4. The first-order chi connectivity index (χ1) is 9.27. The average Bonchev–Trinajstić information content (AvgIpc) is 2.38. The molecule has 0 fully saturated rings. The molecule has 1 rings (SSSR count). The Hall–Kier alpha value is -1.12. The number of nitrogens with one attached hydrogen (secondary N) is 1. The maximum Gasteiger partial charge on any atom is 0.335 e. The van der Waals surface area contributed by atoms with E-state index < -0.39 is 26.7 Å². The second-order valence-electron chi connectivity index (χ2n) is 4.18. The molecule has 1 unspecified atom stereocenters. The molecular weight excluding hydrogens is 305 g/mol. The quantitative estimate of drug-likeness (QED) is 0.802. The van der Waals surface area contributed by atoms with Crippen LogP contribution in [-0.2, 0) is 10.0 Å². The summed E-state index contributed by atoms with van der Waals surface area (Å²) in [5, 5.41) is 9.08. The lowest BCUT2D eigenvalue weighted by Crippen LogP contribution is -2.27. The van der Waals surface area contributed by atoms with Crippen LogP contribution < -0.4 is 4.72 Å². The summed E-state index contributed by atoms with van der Waals surface area (Å²) in [6.45, 7) is 2.12. The number of aromatic carboxylic acids is 1. The predicted molar refractivity (Wildman–Crippen MR) is 76.1 cm³/mol. The van der Waals surface area contributed by atoms with E-state index in [0.29, 0.717) is 6.42 Å². The number of carboxylic acids is 1. The molecule has 1 aromatic rings. The van der Waals surface area contributed by atoms with E-state index in [9.17, 15) is 17.6 Å². The summed E-state index contributed by atoms with van der Waals surface area (Å²) in [4.78, 5) is 10.1. The van der Waals surface area contributed by atoms with Gasteiger partial charge in [-0.2, -0.15) is 11.8 Å². The molecule has 0 heterocycles. The van der Waals surface area contributed by atoms with Crippen LogP contribution in [0.2, 0.25) is 0 Å². The zero-order chi connectivity index (χ0) is 15.3. The van der Waals surface area contributed by atoms with Crippen molar-refractivity contribution in [3.05, 3.63) is 29.6 Å². The Morgan fingerprint density at radius 1 is 1.50 bits per heavy atom. The number of hydrogen-bond donors (Lipinski definition) is 2. The van der Waals surface area contributed by atoms with Crippen molar-refractivity contribution >= 4 is 27.8 Å². The molecule has 0 aliphatic rings. The highest BCUT2D eigenvalue weighted by Gasteiger charge is 2.20. The van der Waals surface area contributed by atoms with Gasteiger partial charge in [0, 0.05) is 11.8 Å². The van der Waals surface area contributed by atoms with Gasteiger partial charge >= 0.3 is 5.97 Å². The lowest BCUT2D eigenvalue weighted by molar-refractivity contribution is 0.0696. The summed E-state index contributed by atoms with van der Waals surface area (Å²) < 4.78 is 39.7. The van der Waals surface area contributed by atoms with E-state index in [1.165, 1.54) is 0 Å². The second-order valence-corrected chi connectivity index (χ2v) is 7.19. The summed E-state index contributed by atoms with van der Waals surface area (Å²) >= 11 is 1.59. The number of carboxylic acid groups (broad SMARTS) is 1. The molecule has 0 radical (unpaired) electrons. The van der Waals surface area contributed by atoms with Crippen molar-refractivity contribution in [1.82, 2.24) is 4.72 Å². The Morgan fingerprint density at radius 3 is 2.70 bits per heavy atom. The number of benzene rings is 1. The molecule has 2 N–H and O–H groups in total. The van der Waals surface area contributed by atoms with Crippen molar-refractivity contribution in [2.24, 2.45) is 0 Å². The molecule has 5 nitrogen and oxygen atoms in total. The molecule has 0 saturated carbocycles. The van der Waals surface area contributed by atoms with E-state index in [0.717, 1.165) is 18.2 Å². The Bertz CT molecular complexity index is 589. The van der Waals surface area contributed by atoms with Gasteiger partial charge in [-0.25, -0.2) is 22.3 Å². The SMILES string of the molecule is CSC(C)CCNS(=O)(=O)c1cc(C(=O)O)ccc1F. The van der Waals surface area contributed by atoms with Gasteiger partial charge in [-0.3, -0.25) is 0 Å². The van der Waals surface area contributed by atoms with Gasteiger partial charge in [-0.1, -0.05) is 6.92 Å². The molecule has 1 aromatic carbocycles. The third kappa shape index (κ3) is 4.46. The lowest BCUT2D eigenvalue weighted by Gasteiger charge is -2.10. The molecule has 0 aliphatic heterocycles. The van der Waals surface area contributed by atoms with Crippen LogP contribution in [0.5, 0.6) is 0 Å². The number of thioether (sulfide) groups is 1. The number of carbonyl (C=O) groups is 1. The highest BCUT2D eigenvalue weighted by molar-refractivity contribution is 7.99. The molecule has 112 valence electrons. The molecule has 0 bridgehead atoms. The van der Waals surface area contributed by atoms with Crippen LogP contribution >= 0.6 is 11.8 Å². The van der Waals surface area contributed by atoms with Gasteiger partial charge in [0.25, 0.3) is 0 Å². The van der Waals surface area contributed by atoms with E-state index in [-0.39, 0.29) is 17.4 Å². The molecule has 0 aromatic heterocycles. The largest absolute Gasteiger partial charge is 0.478 e. The fourth-order valence-corrected chi connectivity index (χ4v) is 2.94. The molecule has 0 saturated heterocycles. The Kier molecular flexibility index (Phi) is 5.97. The van der Waals surface area contributed by atoms with Crippen molar-refractivity contribution in [2.45, 2.75) is 23.5 Å². The van der Waals surface area contributed by atoms with Crippen molar-refractivity contribution in [3.63, 3.8) is 0 Å². The summed E-state index contributed by atoms with van der Waals surface area (Å²) in [6, 6.07) is 2.67. The van der Waals surface area contributed by atoms with E-state index >= 15 is 0 Å². The Labute approximate surface area is 121 Å². The Morgan fingerprint density at radius 2 is 2.15 bits per heavy atom. The summed E-state index contributed by atoms with van der Waals surface area (Å²) in [7, 11) is -4.05. The zero-order valence-electron chi connectivity index (χ0n) is 11.1. The minimum absolute atomic E-state index is 0.168. The number of sulfonamides is 1. The standard InChI is InChI=1S/C12H16FNO4S2/c1-8(19-2)5-6-14-20(17,18)11-7-9(12(15)16)3-4-10(11)13/h3-4,7-8,14H,5-6H2,1-2H3,(H,15,16). The molecule has 8 heteroatoms. The first kappa shape index (κ1) is 16.9. The van der Waals surface area contributed by atoms with E-state index in [1.807, 2.05) is 13.2 Å². The lowest BCUT2D eigenvalue weighted by atomic mass is 10.2. The van der Waals surface area contributed by atoms with Gasteiger partial charge in [-0.05, 0) is 30.9 Å². The predicted octanol–water partition coefficient (Wildman–Crippen LogP) is 1.94. The van der Waals surface area contributed by atoms with E-state index in [4.69, 9.17) is 5.11 Å². The van der Waals surface area contributed by atoms with Crippen LogP contribution in [0.15, 0.2) is 23.1 Å². The molecule has 0 aliphatic carbocycles. The first-order valence-corrected chi connectivity index (χ1v) is 8.60. The number of halogens is 1. The van der Waals surface area contributed by atoms with Gasteiger partial charge in [0.15, 0.2) is 0 Å². The summed E-state index contributed by atoms with van der Waals surface area (Å²) in [6.07, 6.45) is 2.51. The van der Waals surface area contributed by atoms with Crippen LogP contribution in [0.25, 0.3) is 0 Å². The molecule has 0 amide bonds. The highest BCUT2D eigenvalue weighted by atomic mass is 32.2. The van der Waals surface area contributed by atoms with Gasteiger partial charge in [-0.15, -0.1) is 0 Å². The average molecular weight is 321 g/mol. The van der Waals surface area contributed by atoms with Crippen LogP contribution in [0.4, 0.5) is 4.39 Å². The molecule has 20 heavy (non-hydrogen) atoms. The Balaban J connectivity index is 2.92. The number of rotatable bonds is 7. The topological polar surface area (TPSA) is 83.5 Å². The fourth-order valence-electron chi connectivity index (χ4n) is 1.43. The van der Waals surface area contributed by atoms with Gasteiger partial charge in [0.05, 0.1) is 5.56 Å². The van der Waals surface area contributed by atoms with Gasteiger partial charge < -0.3 is 5.11 Å². The second kappa shape index (κ2) is 7.05. The minimum atomic E-state index is -4.05. The van der Waals surface area contributed by atoms with Gasteiger partial charge in [0.1, 0.15) is 10.7 Å². The maximum absolute atomic E-state index is 13.6. The summed E-state index contributed by atoms with van der Waals surface area (Å²) in [5.74, 6) is -2.28. The third-order valence-electron chi connectivity index (χ3n) is 2.71. The van der Waals surface area contributed by atoms with Crippen LogP contribution in [0.1, 0.15) is 23.7 Å². The smallest absolute Gasteiger partial charge is 0.335 e. The monoisotopic (exact) mass is 321 g/mol. The molecular formula is C12H16FNO4S2. The third-order valence-corrected chi connectivity index (χ3v) is 5.23. The van der Waals surface area contributed by atoms with Crippen molar-refractivity contribution < 1.29 is 22.7 Å².